The third-order valence-corrected chi connectivity index (χ3v) is 3.77. The number of halogens is 3. The lowest BCUT2D eigenvalue weighted by atomic mass is 10.1. The van der Waals surface area contributed by atoms with Gasteiger partial charge in [-0.25, -0.2) is 13.8 Å². The van der Waals surface area contributed by atoms with E-state index in [0.717, 1.165) is 6.07 Å². The van der Waals surface area contributed by atoms with Crippen LogP contribution in [0.1, 0.15) is 30.9 Å². The van der Waals surface area contributed by atoms with Crippen molar-refractivity contribution in [1.82, 2.24) is 9.97 Å². The van der Waals surface area contributed by atoms with Crippen molar-refractivity contribution in [2.45, 2.75) is 26.7 Å². The van der Waals surface area contributed by atoms with Gasteiger partial charge in [0.25, 0.3) is 5.56 Å². The van der Waals surface area contributed by atoms with Crippen LogP contribution in [0.3, 0.4) is 0 Å². The zero-order chi connectivity index (χ0) is 15.6. The first-order valence-electron chi connectivity index (χ1n) is 6.58. The van der Waals surface area contributed by atoms with Crippen molar-refractivity contribution in [2.75, 3.05) is 0 Å². The molecule has 2 aromatic rings. The van der Waals surface area contributed by atoms with Gasteiger partial charge >= 0.3 is 0 Å². The molecule has 2 rings (SSSR count). The Morgan fingerprint density at radius 2 is 2.05 bits per heavy atom. The number of aromatic amines is 1. The molecule has 0 amide bonds. The molecule has 6 heteroatoms. The fourth-order valence-electron chi connectivity index (χ4n) is 2.01. The average molecular weight is 357 g/mol. The molecule has 21 heavy (non-hydrogen) atoms. The SMILES string of the molecule is CC(C)Cc1nc(Cc2ccc(F)cc2F)[nH]c(=O)c1Br. The lowest BCUT2D eigenvalue weighted by Crippen LogP contribution is -2.17. The number of H-pyrrole nitrogens is 1. The smallest absolute Gasteiger partial charge is 0.265 e. The molecule has 1 heterocycles. The zero-order valence-corrected chi connectivity index (χ0v) is 13.3. The van der Waals surface area contributed by atoms with Gasteiger partial charge in [-0.15, -0.1) is 0 Å². The van der Waals surface area contributed by atoms with Gasteiger partial charge in [0.05, 0.1) is 5.69 Å². The van der Waals surface area contributed by atoms with Crippen LogP contribution in [-0.2, 0) is 12.8 Å². The van der Waals surface area contributed by atoms with Crippen LogP contribution in [0.2, 0.25) is 0 Å². The van der Waals surface area contributed by atoms with E-state index in [0.29, 0.717) is 28.3 Å². The van der Waals surface area contributed by atoms with E-state index in [2.05, 4.69) is 25.9 Å². The Morgan fingerprint density at radius 1 is 1.33 bits per heavy atom. The van der Waals surface area contributed by atoms with Crippen LogP contribution in [0, 0.1) is 17.6 Å². The number of nitrogens with zero attached hydrogens (tertiary/aromatic N) is 1. The fourth-order valence-corrected chi connectivity index (χ4v) is 2.36. The maximum absolute atomic E-state index is 13.7. The van der Waals surface area contributed by atoms with Gasteiger partial charge in [-0.2, -0.15) is 0 Å². The lowest BCUT2D eigenvalue weighted by molar-refractivity contribution is 0.572. The van der Waals surface area contributed by atoms with Crippen LogP contribution >= 0.6 is 15.9 Å². The predicted molar refractivity (Wildman–Crippen MR) is 80.3 cm³/mol. The Morgan fingerprint density at radius 3 is 2.67 bits per heavy atom. The summed E-state index contributed by atoms with van der Waals surface area (Å²) in [6.07, 6.45) is 0.753. The van der Waals surface area contributed by atoms with E-state index in [1.54, 1.807) is 0 Å². The maximum Gasteiger partial charge on any atom is 0.265 e. The summed E-state index contributed by atoms with van der Waals surface area (Å²) in [5, 5.41) is 0. The van der Waals surface area contributed by atoms with E-state index in [4.69, 9.17) is 0 Å². The minimum absolute atomic E-state index is 0.111. The third kappa shape index (κ3) is 3.97. The van der Waals surface area contributed by atoms with Crippen LogP contribution in [0.15, 0.2) is 27.5 Å². The highest BCUT2D eigenvalue weighted by Crippen LogP contribution is 2.16. The molecule has 0 bridgehead atoms. The van der Waals surface area contributed by atoms with Gasteiger partial charge in [0, 0.05) is 12.5 Å². The first-order chi connectivity index (χ1) is 9.86. The molecule has 1 N–H and O–H groups in total. The molecule has 0 aliphatic heterocycles. The molecule has 0 fully saturated rings. The Hall–Kier alpha value is -1.56. The van der Waals surface area contributed by atoms with Crippen molar-refractivity contribution in [3.63, 3.8) is 0 Å². The van der Waals surface area contributed by atoms with Crippen molar-refractivity contribution in [3.05, 3.63) is 61.7 Å². The van der Waals surface area contributed by atoms with Gasteiger partial charge < -0.3 is 4.98 Å². The molecule has 0 atom stereocenters. The fraction of sp³-hybridized carbons (Fsp3) is 0.333. The van der Waals surface area contributed by atoms with E-state index in [1.165, 1.54) is 12.1 Å². The molecule has 1 aromatic carbocycles. The first-order valence-corrected chi connectivity index (χ1v) is 7.37. The summed E-state index contributed by atoms with van der Waals surface area (Å²) in [6, 6.07) is 3.36. The second kappa shape index (κ2) is 6.47. The Balaban J connectivity index is 2.36. The van der Waals surface area contributed by atoms with Gasteiger partial charge in [0.1, 0.15) is 21.9 Å². The van der Waals surface area contributed by atoms with E-state index in [1.807, 2.05) is 13.8 Å². The maximum atomic E-state index is 13.7. The van der Waals surface area contributed by atoms with Crippen molar-refractivity contribution in [2.24, 2.45) is 5.92 Å². The molecule has 0 aliphatic rings. The number of nitrogens with one attached hydrogen (secondary N) is 1. The monoisotopic (exact) mass is 356 g/mol. The summed E-state index contributed by atoms with van der Waals surface area (Å²) in [5.41, 5.74) is 0.641. The normalized spacial score (nSPS) is 11.1. The second-order valence-corrected chi connectivity index (χ2v) is 6.08. The topological polar surface area (TPSA) is 45.8 Å². The molecule has 3 nitrogen and oxygen atoms in total. The van der Waals surface area contributed by atoms with Crippen molar-refractivity contribution in [1.29, 1.82) is 0 Å². The molecule has 0 saturated carbocycles. The second-order valence-electron chi connectivity index (χ2n) is 5.28. The number of hydrogen-bond acceptors (Lipinski definition) is 2. The van der Waals surface area contributed by atoms with Gasteiger partial charge in [-0.3, -0.25) is 4.79 Å². The highest BCUT2D eigenvalue weighted by molar-refractivity contribution is 9.10. The van der Waals surface area contributed by atoms with Gasteiger partial charge in [-0.1, -0.05) is 19.9 Å². The summed E-state index contributed by atoms with van der Waals surface area (Å²) in [6.45, 7) is 4.04. The number of benzene rings is 1. The summed E-state index contributed by atoms with van der Waals surface area (Å²) >= 11 is 3.22. The highest BCUT2D eigenvalue weighted by Gasteiger charge is 2.12. The third-order valence-electron chi connectivity index (χ3n) is 2.96. The summed E-state index contributed by atoms with van der Waals surface area (Å²) in [4.78, 5) is 18.9. The number of aromatic nitrogens is 2. The summed E-state index contributed by atoms with van der Waals surface area (Å²) < 4.78 is 27.0. The largest absolute Gasteiger partial charge is 0.309 e. The quantitative estimate of drug-likeness (QED) is 0.909. The van der Waals surface area contributed by atoms with Crippen molar-refractivity contribution >= 4 is 15.9 Å². The van der Waals surface area contributed by atoms with E-state index in [9.17, 15) is 13.6 Å². The minimum Gasteiger partial charge on any atom is -0.309 e. The molecule has 0 radical (unpaired) electrons. The predicted octanol–water partition coefficient (Wildman–Crippen LogP) is 3.60. The molecular weight excluding hydrogens is 342 g/mol. The van der Waals surface area contributed by atoms with Crippen LogP contribution in [0.4, 0.5) is 8.78 Å². The van der Waals surface area contributed by atoms with E-state index < -0.39 is 11.6 Å². The van der Waals surface area contributed by atoms with Crippen molar-refractivity contribution in [3.8, 4) is 0 Å². The Kier molecular flexibility index (Phi) is 4.88. The highest BCUT2D eigenvalue weighted by atomic mass is 79.9. The number of rotatable bonds is 4. The van der Waals surface area contributed by atoms with Crippen LogP contribution in [0.25, 0.3) is 0 Å². The Labute approximate surface area is 129 Å². The molecular formula is C15H15BrF2N2O. The van der Waals surface area contributed by atoms with Crippen LogP contribution < -0.4 is 5.56 Å². The lowest BCUT2D eigenvalue weighted by Gasteiger charge is -2.09. The van der Waals surface area contributed by atoms with E-state index >= 15 is 0 Å². The number of hydrogen-bond donors (Lipinski definition) is 1. The standard InChI is InChI=1S/C15H15BrF2N2O/c1-8(2)5-12-14(16)15(21)20-13(19-12)6-9-3-4-10(17)7-11(9)18/h3-4,7-8H,5-6H2,1-2H3,(H,19,20,21). The summed E-state index contributed by atoms with van der Waals surface area (Å²) in [5.74, 6) is -0.574. The van der Waals surface area contributed by atoms with Crippen LogP contribution in [-0.4, -0.2) is 9.97 Å². The molecule has 0 saturated heterocycles. The molecule has 0 aliphatic carbocycles. The molecule has 0 unspecified atom stereocenters. The van der Waals surface area contributed by atoms with Gasteiger partial charge in [0.2, 0.25) is 0 Å². The minimum atomic E-state index is -0.647. The molecule has 1 aromatic heterocycles. The van der Waals surface area contributed by atoms with Gasteiger partial charge in [-0.05, 0) is 39.9 Å². The summed E-state index contributed by atoms with van der Waals surface area (Å²) in [7, 11) is 0. The first kappa shape index (κ1) is 15.8. The van der Waals surface area contributed by atoms with Gasteiger partial charge in [0.15, 0.2) is 0 Å². The molecule has 112 valence electrons. The molecule has 0 spiro atoms. The zero-order valence-electron chi connectivity index (χ0n) is 11.7. The average Bonchev–Trinajstić information content (AvgIpc) is 2.38. The van der Waals surface area contributed by atoms with E-state index in [-0.39, 0.29) is 17.5 Å². The van der Waals surface area contributed by atoms with Crippen LogP contribution in [0.5, 0.6) is 0 Å². The Bertz CT molecular complexity index is 713. The van der Waals surface area contributed by atoms with Crippen molar-refractivity contribution < 1.29 is 8.78 Å².